The van der Waals surface area contributed by atoms with Crippen LogP contribution in [0, 0.1) is 11.8 Å². The van der Waals surface area contributed by atoms with E-state index in [4.69, 9.17) is 5.73 Å². The van der Waals surface area contributed by atoms with Crippen molar-refractivity contribution in [1.82, 2.24) is 16.0 Å². The molecule has 3 amide bonds. The topological polar surface area (TPSA) is 171 Å². The molecule has 0 saturated heterocycles. The fourth-order valence-corrected chi connectivity index (χ4v) is 3.28. The SMILES string of the molecule is CSCCC(NC(=O)C(NC(=O)C(NC(=O)C(N)CC(C)C)C(C)C)C(C)O)C(=O)O. The average molecular weight is 463 g/mol. The number of nitrogens with two attached hydrogens (primary N) is 1. The molecular weight excluding hydrogens is 424 g/mol. The van der Waals surface area contributed by atoms with Gasteiger partial charge in [0, 0.05) is 0 Å². The van der Waals surface area contributed by atoms with Crippen LogP contribution in [0.3, 0.4) is 0 Å². The molecule has 10 nitrogen and oxygen atoms in total. The maximum atomic E-state index is 12.8. The van der Waals surface area contributed by atoms with Gasteiger partial charge in [-0.2, -0.15) is 11.8 Å². The molecule has 0 heterocycles. The standard InChI is InChI=1S/C20H38N4O6S/c1-10(2)9-13(21)17(26)23-15(11(3)4)18(27)24-16(12(5)25)19(28)22-14(20(29)30)7-8-31-6/h10-16,25H,7-9,21H2,1-6H3,(H,22,28)(H,23,26)(H,24,27)(H,29,30). The van der Waals surface area contributed by atoms with Gasteiger partial charge < -0.3 is 31.9 Å². The molecule has 5 atom stereocenters. The second-order valence-corrected chi connectivity index (χ2v) is 9.36. The minimum atomic E-state index is -1.38. The van der Waals surface area contributed by atoms with Crippen molar-refractivity contribution < 1.29 is 29.4 Å². The number of aliphatic hydroxyl groups is 1. The molecule has 5 unspecified atom stereocenters. The van der Waals surface area contributed by atoms with Crippen molar-refractivity contribution in [3.8, 4) is 0 Å². The molecular formula is C20H38N4O6S. The van der Waals surface area contributed by atoms with Crippen LogP contribution in [0.5, 0.6) is 0 Å². The molecule has 0 aliphatic carbocycles. The van der Waals surface area contributed by atoms with Gasteiger partial charge in [-0.1, -0.05) is 27.7 Å². The van der Waals surface area contributed by atoms with Crippen molar-refractivity contribution in [2.24, 2.45) is 17.6 Å². The van der Waals surface area contributed by atoms with E-state index in [0.717, 1.165) is 0 Å². The van der Waals surface area contributed by atoms with Crippen LogP contribution in [-0.2, 0) is 19.2 Å². The number of hydrogen-bond acceptors (Lipinski definition) is 7. The number of carbonyl (C=O) groups is 4. The van der Waals surface area contributed by atoms with Gasteiger partial charge in [-0.25, -0.2) is 4.79 Å². The summed E-state index contributed by atoms with van der Waals surface area (Å²) in [6.07, 6.45) is 1.17. The molecule has 0 saturated carbocycles. The van der Waals surface area contributed by atoms with E-state index >= 15 is 0 Å². The third-order valence-corrected chi connectivity index (χ3v) is 5.24. The van der Waals surface area contributed by atoms with E-state index in [-0.39, 0.29) is 18.3 Å². The van der Waals surface area contributed by atoms with E-state index in [0.29, 0.717) is 12.2 Å². The highest BCUT2D eigenvalue weighted by Gasteiger charge is 2.33. The third-order valence-electron chi connectivity index (χ3n) is 4.60. The maximum Gasteiger partial charge on any atom is 0.326 e. The van der Waals surface area contributed by atoms with Gasteiger partial charge in [0.2, 0.25) is 17.7 Å². The average Bonchev–Trinajstić information content (AvgIpc) is 2.65. The van der Waals surface area contributed by atoms with Crippen LogP contribution in [0.1, 0.15) is 47.5 Å². The first-order chi connectivity index (χ1) is 14.3. The first-order valence-electron chi connectivity index (χ1n) is 10.4. The quantitative estimate of drug-likeness (QED) is 0.204. The highest BCUT2D eigenvalue weighted by Crippen LogP contribution is 2.08. The van der Waals surface area contributed by atoms with Gasteiger partial charge in [-0.3, -0.25) is 14.4 Å². The number of aliphatic carboxylic acids is 1. The van der Waals surface area contributed by atoms with Crippen molar-refractivity contribution in [2.75, 3.05) is 12.0 Å². The van der Waals surface area contributed by atoms with Crippen LogP contribution < -0.4 is 21.7 Å². The Balaban J connectivity index is 5.29. The van der Waals surface area contributed by atoms with Crippen molar-refractivity contribution >= 4 is 35.5 Å². The first kappa shape index (κ1) is 29.1. The van der Waals surface area contributed by atoms with Crippen molar-refractivity contribution in [2.45, 2.75) is 77.7 Å². The number of carbonyl (C=O) groups excluding carboxylic acids is 3. The highest BCUT2D eigenvalue weighted by atomic mass is 32.2. The monoisotopic (exact) mass is 462 g/mol. The summed E-state index contributed by atoms with van der Waals surface area (Å²) in [5.41, 5.74) is 5.88. The van der Waals surface area contributed by atoms with E-state index in [1.165, 1.54) is 18.7 Å². The summed E-state index contributed by atoms with van der Waals surface area (Å²) in [6.45, 7) is 8.60. The van der Waals surface area contributed by atoms with Crippen molar-refractivity contribution in [3.05, 3.63) is 0 Å². The smallest absolute Gasteiger partial charge is 0.326 e. The Morgan fingerprint density at radius 2 is 1.42 bits per heavy atom. The summed E-state index contributed by atoms with van der Waals surface area (Å²) in [5, 5.41) is 26.7. The molecule has 0 aromatic rings. The summed E-state index contributed by atoms with van der Waals surface area (Å²) < 4.78 is 0. The maximum absolute atomic E-state index is 12.8. The van der Waals surface area contributed by atoms with Crippen molar-refractivity contribution in [1.29, 1.82) is 0 Å². The Kier molecular flexibility index (Phi) is 13.4. The molecule has 0 aromatic heterocycles. The number of carboxylic acids is 1. The minimum absolute atomic E-state index is 0.196. The number of amides is 3. The highest BCUT2D eigenvalue weighted by molar-refractivity contribution is 7.98. The van der Waals surface area contributed by atoms with Crippen LogP contribution in [0.25, 0.3) is 0 Å². The number of nitrogens with one attached hydrogen (secondary N) is 3. The van der Waals surface area contributed by atoms with Crippen LogP contribution in [-0.4, -0.2) is 76.2 Å². The Morgan fingerprint density at radius 1 is 0.903 bits per heavy atom. The lowest BCUT2D eigenvalue weighted by Gasteiger charge is -2.28. The van der Waals surface area contributed by atoms with Gasteiger partial charge in [-0.15, -0.1) is 0 Å². The second kappa shape index (κ2) is 14.3. The lowest BCUT2D eigenvalue weighted by Crippen LogP contribution is -2.60. The third kappa shape index (κ3) is 10.8. The summed E-state index contributed by atoms with van der Waals surface area (Å²) in [5.74, 6) is -2.78. The molecule has 0 fully saturated rings. The predicted molar refractivity (Wildman–Crippen MR) is 120 cm³/mol. The Hall–Kier alpha value is -1.85. The molecule has 0 aromatic carbocycles. The van der Waals surface area contributed by atoms with Gasteiger partial charge in [0.15, 0.2) is 0 Å². The van der Waals surface area contributed by atoms with E-state index in [1.807, 2.05) is 20.1 Å². The summed E-state index contributed by atoms with van der Waals surface area (Å²) in [7, 11) is 0. The number of rotatable bonds is 14. The molecule has 0 bridgehead atoms. The van der Waals surface area contributed by atoms with Crippen LogP contribution in [0.15, 0.2) is 0 Å². The van der Waals surface area contributed by atoms with Gasteiger partial charge in [0.25, 0.3) is 0 Å². The molecule has 0 radical (unpaired) electrons. The lowest BCUT2D eigenvalue weighted by atomic mass is 9.99. The van der Waals surface area contributed by atoms with Crippen molar-refractivity contribution in [3.63, 3.8) is 0 Å². The van der Waals surface area contributed by atoms with Gasteiger partial charge in [0.05, 0.1) is 12.1 Å². The molecule has 11 heteroatoms. The number of thioether (sulfide) groups is 1. The molecule has 180 valence electrons. The summed E-state index contributed by atoms with van der Waals surface area (Å²) in [6, 6.07) is -4.29. The summed E-state index contributed by atoms with van der Waals surface area (Å²) >= 11 is 1.43. The number of hydrogen-bond donors (Lipinski definition) is 6. The molecule has 31 heavy (non-hydrogen) atoms. The van der Waals surface area contributed by atoms with E-state index in [1.54, 1.807) is 13.8 Å². The Morgan fingerprint density at radius 3 is 1.84 bits per heavy atom. The lowest BCUT2D eigenvalue weighted by molar-refractivity contribution is -0.143. The molecule has 7 N–H and O–H groups in total. The van der Waals surface area contributed by atoms with E-state index in [9.17, 15) is 29.4 Å². The minimum Gasteiger partial charge on any atom is -0.480 e. The first-order valence-corrected chi connectivity index (χ1v) is 11.8. The fraction of sp³-hybridized carbons (Fsp3) is 0.800. The normalized spacial score (nSPS) is 16.2. The second-order valence-electron chi connectivity index (χ2n) is 8.37. The zero-order chi connectivity index (χ0) is 24.3. The number of aliphatic hydroxyl groups excluding tert-OH is 1. The molecule has 0 spiro atoms. The zero-order valence-corrected chi connectivity index (χ0v) is 20.0. The Labute approximate surface area is 188 Å². The van der Waals surface area contributed by atoms with Gasteiger partial charge in [0.1, 0.15) is 18.1 Å². The number of carboxylic acid groups (broad SMARTS) is 1. The largest absolute Gasteiger partial charge is 0.480 e. The van der Waals surface area contributed by atoms with E-state index in [2.05, 4.69) is 16.0 Å². The van der Waals surface area contributed by atoms with E-state index < -0.39 is 54.0 Å². The molecule has 0 rings (SSSR count). The molecule has 0 aliphatic heterocycles. The van der Waals surface area contributed by atoms with Crippen LogP contribution in [0.2, 0.25) is 0 Å². The predicted octanol–water partition coefficient (Wildman–Crippen LogP) is -0.311. The van der Waals surface area contributed by atoms with Crippen LogP contribution in [0.4, 0.5) is 0 Å². The van der Waals surface area contributed by atoms with Gasteiger partial charge >= 0.3 is 5.97 Å². The van der Waals surface area contributed by atoms with Gasteiger partial charge in [-0.05, 0) is 43.6 Å². The molecule has 0 aliphatic rings. The Bertz CT molecular complexity index is 614. The summed E-state index contributed by atoms with van der Waals surface area (Å²) in [4.78, 5) is 49.1. The fourth-order valence-electron chi connectivity index (χ4n) is 2.81. The zero-order valence-electron chi connectivity index (χ0n) is 19.2. The van der Waals surface area contributed by atoms with Crippen LogP contribution >= 0.6 is 11.8 Å².